The summed E-state index contributed by atoms with van der Waals surface area (Å²) >= 11 is 0. The molecule has 1 aliphatic rings. The Morgan fingerprint density at radius 2 is 1.45 bits per heavy atom. The molecular formula is C36H57N3O7S. The van der Waals surface area contributed by atoms with Crippen molar-refractivity contribution >= 4 is 27.1 Å². The second-order valence-corrected chi connectivity index (χ2v) is 15.3. The smallest absolute Gasteiger partial charge is 0.270 e. The number of nitro benzene ring substituents is 1. The molecule has 2 aromatic carbocycles. The molecule has 2 N–H and O–H groups in total. The molecular weight excluding hydrogens is 618 g/mol. The summed E-state index contributed by atoms with van der Waals surface area (Å²) in [7, 11) is -4.33. The molecule has 1 saturated heterocycles. The Labute approximate surface area is 282 Å². The maximum absolute atomic E-state index is 13.7. The van der Waals surface area contributed by atoms with Crippen molar-refractivity contribution in [1.82, 2.24) is 0 Å². The standard InChI is InChI=1S/C36H57N3O7S/c1-5-6-7-8-9-10-11-12-13-14-15-16-17-18-23-46-34-28-33(40)31(27-30(34)36(2,3)4)37-47(43,44)35-26-29(39(41)42)19-20-32(35)38-21-24-45-25-22-38/h19-20,26-28,37,40H,5-18,21-25H2,1-4H3. The molecule has 2 aromatic rings. The van der Waals surface area contributed by atoms with Gasteiger partial charge in [0.2, 0.25) is 0 Å². The Kier molecular flexibility index (Phi) is 15.6. The quantitative estimate of drug-likeness (QED) is 0.0580. The van der Waals surface area contributed by atoms with E-state index in [-0.39, 0.29) is 22.0 Å². The summed E-state index contributed by atoms with van der Waals surface area (Å²) in [6.45, 7) is 10.5. The number of phenolic OH excluding ortho intramolecular Hbond substituents is 1. The minimum Gasteiger partial charge on any atom is -0.506 e. The molecule has 3 rings (SSSR count). The van der Waals surface area contributed by atoms with Gasteiger partial charge in [-0.2, -0.15) is 0 Å². The van der Waals surface area contributed by atoms with Crippen LogP contribution < -0.4 is 14.4 Å². The Morgan fingerprint density at radius 3 is 1.98 bits per heavy atom. The van der Waals surface area contributed by atoms with Gasteiger partial charge < -0.3 is 19.5 Å². The molecule has 0 aliphatic carbocycles. The van der Waals surface area contributed by atoms with E-state index >= 15 is 0 Å². The summed E-state index contributed by atoms with van der Waals surface area (Å²) in [4.78, 5) is 12.5. The van der Waals surface area contributed by atoms with Crippen LogP contribution in [0.2, 0.25) is 0 Å². The fourth-order valence-corrected chi connectivity index (χ4v) is 7.24. The van der Waals surface area contributed by atoms with Crippen LogP contribution in [0, 0.1) is 10.1 Å². The maximum atomic E-state index is 13.7. The van der Waals surface area contributed by atoms with E-state index in [2.05, 4.69) is 11.6 Å². The van der Waals surface area contributed by atoms with E-state index in [0.29, 0.717) is 44.3 Å². The van der Waals surface area contributed by atoms with Gasteiger partial charge in [0.25, 0.3) is 15.7 Å². The van der Waals surface area contributed by atoms with Crippen molar-refractivity contribution in [1.29, 1.82) is 0 Å². The molecule has 264 valence electrons. The highest BCUT2D eigenvalue weighted by Crippen LogP contribution is 2.40. The first-order valence-electron chi connectivity index (χ1n) is 17.6. The van der Waals surface area contributed by atoms with Gasteiger partial charge in [0.15, 0.2) is 0 Å². The number of unbranched alkanes of at least 4 members (excludes halogenated alkanes) is 13. The zero-order valence-corrected chi connectivity index (χ0v) is 29.8. The molecule has 0 unspecified atom stereocenters. The van der Waals surface area contributed by atoms with Crippen LogP contribution in [0.15, 0.2) is 35.2 Å². The van der Waals surface area contributed by atoms with E-state index < -0.39 is 20.4 Å². The zero-order valence-electron chi connectivity index (χ0n) is 29.0. The summed E-state index contributed by atoms with van der Waals surface area (Å²) in [6, 6.07) is 6.86. The minimum atomic E-state index is -4.33. The highest BCUT2D eigenvalue weighted by molar-refractivity contribution is 7.93. The van der Waals surface area contributed by atoms with Crippen LogP contribution in [-0.4, -0.2) is 51.4 Å². The van der Waals surface area contributed by atoms with Crippen molar-refractivity contribution in [3.63, 3.8) is 0 Å². The Bertz CT molecular complexity index is 1370. The lowest BCUT2D eigenvalue weighted by Gasteiger charge is -2.30. The molecule has 0 atom stereocenters. The Morgan fingerprint density at radius 1 is 0.894 bits per heavy atom. The Hall–Kier alpha value is -3.05. The summed E-state index contributed by atoms with van der Waals surface area (Å²) in [5, 5.41) is 22.5. The van der Waals surface area contributed by atoms with E-state index in [0.717, 1.165) is 24.5 Å². The fourth-order valence-electron chi connectivity index (χ4n) is 5.93. The van der Waals surface area contributed by atoms with Crippen LogP contribution >= 0.6 is 0 Å². The molecule has 0 aromatic heterocycles. The monoisotopic (exact) mass is 675 g/mol. The van der Waals surface area contributed by atoms with Gasteiger partial charge in [0, 0.05) is 36.9 Å². The van der Waals surface area contributed by atoms with Gasteiger partial charge in [-0.15, -0.1) is 0 Å². The second kappa shape index (κ2) is 19.1. The molecule has 0 bridgehead atoms. The molecule has 10 nitrogen and oxygen atoms in total. The normalized spacial score (nSPS) is 13.9. The van der Waals surface area contributed by atoms with Gasteiger partial charge in [-0.1, -0.05) is 111 Å². The van der Waals surface area contributed by atoms with Crippen LogP contribution in [0.25, 0.3) is 0 Å². The number of phenols is 1. The molecule has 47 heavy (non-hydrogen) atoms. The molecule has 0 radical (unpaired) electrons. The first-order valence-corrected chi connectivity index (χ1v) is 19.1. The topological polar surface area (TPSA) is 131 Å². The van der Waals surface area contributed by atoms with Crippen LogP contribution in [-0.2, 0) is 20.2 Å². The predicted octanol–water partition coefficient (Wildman–Crippen LogP) is 9.10. The number of nitrogens with one attached hydrogen (secondary N) is 1. The number of ether oxygens (including phenoxy) is 2. The van der Waals surface area contributed by atoms with Gasteiger partial charge >= 0.3 is 0 Å². The second-order valence-electron chi connectivity index (χ2n) is 13.7. The van der Waals surface area contributed by atoms with Crippen molar-refractivity contribution in [3.8, 4) is 11.5 Å². The van der Waals surface area contributed by atoms with Gasteiger partial charge in [0.05, 0.1) is 36.1 Å². The molecule has 0 amide bonds. The van der Waals surface area contributed by atoms with Gasteiger partial charge in [-0.3, -0.25) is 14.8 Å². The van der Waals surface area contributed by atoms with Gasteiger partial charge in [-0.25, -0.2) is 8.42 Å². The van der Waals surface area contributed by atoms with E-state index in [1.165, 1.54) is 95.2 Å². The highest BCUT2D eigenvalue weighted by Gasteiger charge is 2.29. The van der Waals surface area contributed by atoms with Gasteiger partial charge in [-0.05, 0) is 24.0 Å². The number of benzene rings is 2. The average Bonchev–Trinajstić information content (AvgIpc) is 3.03. The first-order chi connectivity index (χ1) is 22.4. The van der Waals surface area contributed by atoms with E-state index in [4.69, 9.17) is 9.47 Å². The predicted molar refractivity (Wildman–Crippen MR) is 190 cm³/mol. The number of hydrogen-bond acceptors (Lipinski definition) is 8. The van der Waals surface area contributed by atoms with Gasteiger partial charge in [0.1, 0.15) is 16.4 Å². The molecule has 1 fully saturated rings. The number of anilines is 2. The van der Waals surface area contributed by atoms with Crippen LogP contribution in [0.3, 0.4) is 0 Å². The lowest BCUT2D eigenvalue weighted by molar-refractivity contribution is -0.385. The third-order valence-corrected chi connectivity index (χ3v) is 10.1. The third-order valence-electron chi connectivity index (χ3n) is 8.70. The van der Waals surface area contributed by atoms with Crippen molar-refractivity contribution < 1.29 is 27.9 Å². The number of morpholine rings is 1. The van der Waals surface area contributed by atoms with E-state index in [1.807, 2.05) is 25.7 Å². The average molecular weight is 676 g/mol. The maximum Gasteiger partial charge on any atom is 0.270 e. The van der Waals surface area contributed by atoms with Crippen molar-refractivity contribution in [2.24, 2.45) is 0 Å². The van der Waals surface area contributed by atoms with Crippen LogP contribution in [0.5, 0.6) is 11.5 Å². The van der Waals surface area contributed by atoms with E-state index in [9.17, 15) is 23.6 Å². The number of rotatable bonds is 21. The largest absolute Gasteiger partial charge is 0.506 e. The number of non-ortho nitro benzene ring substituents is 1. The lowest BCUT2D eigenvalue weighted by atomic mass is 9.86. The summed E-state index contributed by atoms with van der Waals surface area (Å²) in [5.74, 6) is 0.230. The summed E-state index contributed by atoms with van der Waals surface area (Å²) < 4.78 is 41.5. The summed E-state index contributed by atoms with van der Waals surface area (Å²) in [6.07, 6.45) is 17.8. The minimum absolute atomic E-state index is 0.0156. The zero-order chi connectivity index (χ0) is 34.3. The number of aromatic hydroxyl groups is 1. The third kappa shape index (κ3) is 12.5. The van der Waals surface area contributed by atoms with E-state index in [1.54, 1.807) is 6.07 Å². The Balaban J connectivity index is 1.57. The molecule has 0 spiro atoms. The number of hydrogen-bond donors (Lipinski definition) is 2. The molecule has 0 saturated carbocycles. The van der Waals surface area contributed by atoms with Crippen molar-refractivity contribution in [2.45, 2.75) is 128 Å². The van der Waals surface area contributed by atoms with Crippen molar-refractivity contribution in [3.05, 3.63) is 46.0 Å². The number of sulfonamides is 1. The fraction of sp³-hybridized carbons (Fsp3) is 0.667. The highest BCUT2D eigenvalue weighted by atomic mass is 32.2. The number of nitro groups is 1. The van der Waals surface area contributed by atoms with Crippen molar-refractivity contribution in [2.75, 3.05) is 42.5 Å². The molecule has 11 heteroatoms. The lowest BCUT2D eigenvalue weighted by Crippen LogP contribution is -2.37. The summed E-state index contributed by atoms with van der Waals surface area (Å²) in [5.41, 5.74) is 0.316. The van der Waals surface area contributed by atoms with Crippen LogP contribution in [0.1, 0.15) is 123 Å². The number of nitrogens with zero attached hydrogens (tertiary/aromatic N) is 2. The van der Waals surface area contributed by atoms with Crippen LogP contribution in [0.4, 0.5) is 17.1 Å². The first kappa shape index (κ1) is 38.4. The SMILES string of the molecule is CCCCCCCCCCCCCCCCOc1cc(O)c(NS(=O)(=O)c2cc([N+](=O)[O-])ccc2N2CCOCC2)cc1C(C)(C)C. The molecule has 1 aliphatic heterocycles. The molecule has 1 heterocycles.